The van der Waals surface area contributed by atoms with Crippen molar-refractivity contribution in [1.82, 2.24) is 20.8 Å². The molecule has 0 unspecified atom stereocenters. The molecule has 7 nitrogen and oxygen atoms in total. The van der Waals surface area contributed by atoms with Crippen LogP contribution in [0.1, 0.15) is 41.9 Å². The molecule has 0 aliphatic rings. The van der Waals surface area contributed by atoms with Crippen LogP contribution in [0.4, 0.5) is 0 Å². The van der Waals surface area contributed by atoms with Gasteiger partial charge in [0.2, 0.25) is 5.91 Å². The van der Waals surface area contributed by atoms with E-state index in [9.17, 15) is 9.59 Å². The molecule has 0 spiro atoms. The Labute approximate surface area is 163 Å². The van der Waals surface area contributed by atoms with Crippen LogP contribution >= 0.6 is 0 Å². The van der Waals surface area contributed by atoms with E-state index in [4.69, 9.17) is 4.84 Å². The normalized spacial score (nSPS) is 10.7. The van der Waals surface area contributed by atoms with E-state index in [0.717, 1.165) is 35.9 Å². The van der Waals surface area contributed by atoms with Crippen molar-refractivity contribution >= 4 is 22.8 Å². The molecule has 3 N–H and O–H groups in total. The number of imidazole rings is 1. The molecule has 28 heavy (non-hydrogen) atoms. The van der Waals surface area contributed by atoms with Gasteiger partial charge in [-0.1, -0.05) is 48.9 Å². The van der Waals surface area contributed by atoms with Crippen LogP contribution in [0.2, 0.25) is 0 Å². The first-order chi connectivity index (χ1) is 13.7. The van der Waals surface area contributed by atoms with Gasteiger partial charge in [0.25, 0.3) is 5.91 Å². The number of aromatic amines is 1. The van der Waals surface area contributed by atoms with Crippen LogP contribution in [-0.2, 0) is 16.2 Å². The Hall–Kier alpha value is -3.19. The lowest BCUT2D eigenvalue weighted by atomic mass is 10.2. The van der Waals surface area contributed by atoms with Crippen LogP contribution in [0, 0.1) is 0 Å². The monoisotopic (exact) mass is 380 g/mol. The van der Waals surface area contributed by atoms with Crippen LogP contribution in [0.25, 0.3) is 11.0 Å². The molecule has 7 heteroatoms. The molecule has 0 aliphatic carbocycles. The Bertz CT molecular complexity index is 875. The molecule has 1 heterocycles. The predicted octanol–water partition coefficient (Wildman–Crippen LogP) is 3.10. The third kappa shape index (κ3) is 5.92. The number of hydroxylamine groups is 1. The van der Waals surface area contributed by atoms with Gasteiger partial charge in [-0.3, -0.25) is 14.4 Å². The Morgan fingerprint density at radius 3 is 2.57 bits per heavy atom. The zero-order chi connectivity index (χ0) is 19.6. The lowest BCUT2D eigenvalue weighted by Gasteiger charge is -2.06. The molecule has 0 bridgehead atoms. The first kappa shape index (κ1) is 19.6. The Balaban J connectivity index is 1.24. The van der Waals surface area contributed by atoms with E-state index in [-0.39, 0.29) is 11.8 Å². The number of para-hydroxylation sites is 2. The highest BCUT2D eigenvalue weighted by atomic mass is 16.6. The fourth-order valence-electron chi connectivity index (χ4n) is 2.76. The summed E-state index contributed by atoms with van der Waals surface area (Å²) in [6.45, 7) is 0.891. The highest BCUT2D eigenvalue weighted by molar-refractivity contribution is 5.94. The van der Waals surface area contributed by atoms with E-state index >= 15 is 0 Å². The summed E-state index contributed by atoms with van der Waals surface area (Å²) in [5, 5.41) is 2.84. The van der Waals surface area contributed by atoms with Gasteiger partial charge in [0.1, 0.15) is 0 Å². The van der Waals surface area contributed by atoms with Crippen molar-refractivity contribution in [2.45, 2.75) is 32.3 Å². The summed E-state index contributed by atoms with van der Waals surface area (Å²) in [5.41, 5.74) is 5.07. The third-order valence-corrected chi connectivity index (χ3v) is 4.24. The van der Waals surface area contributed by atoms with Crippen molar-refractivity contribution in [3.8, 4) is 0 Å². The number of hydrogen-bond acceptors (Lipinski definition) is 4. The van der Waals surface area contributed by atoms with E-state index in [1.807, 2.05) is 54.6 Å². The van der Waals surface area contributed by atoms with E-state index in [1.165, 1.54) is 0 Å². The number of carbonyl (C=O) groups is 2. The Kier molecular flexibility index (Phi) is 7.14. The molecule has 0 radical (unpaired) electrons. The van der Waals surface area contributed by atoms with E-state index in [0.29, 0.717) is 25.4 Å². The van der Waals surface area contributed by atoms with Crippen molar-refractivity contribution < 1.29 is 14.4 Å². The minimum Gasteiger partial charge on any atom is -0.349 e. The standard InChI is InChI=1S/C21H24N4O3/c26-19(25-28-15-16-9-3-1-4-10-16)13-5-2-8-14-22-21(27)20-23-17-11-6-7-12-18(17)24-20/h1,3-4,6-7,9-12H,2,5,8,13-15H2,(H,22,27)(H,23,24)(H,25,26). The van der Waals surface area contributed by atoms with Gasteiger partial charge in [-0.05, 0) is 30.5 Å². The molecule has 2 amide bonds. The number of benzene rings is 2. The Morgan fingerprint density at radius 2 is 1.75 bits per heavy atom. The molecular weight excluding hydrogens is 356 g/mol. The number of aromatic nitrogens is 2. The van der Waals surface area contributed by atoms with Gasteiger partial charge >= 0.3 is 0 Å². The van der Waals surface area contributed by atoms with Gasteiger partial charge < -0.3 is 10.3 Å². The maximum absolute atomic E-state index is 12.1. The van der Waals surface area contributed by atoms with Gasteiger partial charge in [0.15, 0.2) is 5.82 Å². The molecule has 0 aliphatic heterocycles. The SMILES string of the molecule is O=C(CCCCCNC(=O)c1nc2ccccc2[nH]1)NOCc1ccccc1. The number of hydrogen-bond donors (Lipinski definition) is 3. The molecule has 3 aromatic rings. The van der Waals surface area contributed by atoms with Crippen LogP contribution in [0.15, 0.2) is 54.6 Å². The summed E-state index contributed by atoms with van der Waals surface area (Å²) >= 11 is 0. The number of nitrogens with one attached hydrogen (secondary N) is 3. The predicted molar refractivity (Wildman–Crippen MR) is 106 cm³/mol. The van der Waals surface area contributed by atoms with E-state index in [2.05, 4.69) is 20.8 Å². The first-order valence-corrected chi connectivity index (χ1v) is 9.40. The van der Waals surface area contributed by atoms with E-state index < -0.39 is 0 Å². The molecular formula is C21H24N4O3. The summed E-state index contributed by atoms with van der Waals surface area (Å²) in [4.78, 5) is 36.3. The van der Waals surface area contributed by atoms with Gasteiger partial charge in [-0.15, -0.1) is 0 Å². The Morgan fingerprint density at radius 1 is 0.964 bits per heavy atom. The maximum Gasteiger partial charge on any atom is 0.287 e. The molecule has 0 saturated heterocycles. The van der Waals surface area contributed by atoms with Crippen LogP contribution in [0.3, 0.4) is 0 Å². The zero-order valence-corrected chi connectivity index (χ0v) is 15.6. The second-order valence-electron chi connectivity index (χ2n) is 6.47. The molecule has 0 saturated carbocycles. The topological polar surface area (TPSA) is 96.1 Å². The van der Waals surface area contributed by atoms with Crippen LogP contribution in [0.5, 0.6) is 0 Å². The highest BCUT2D eigenvalue weighted by Gasteiger charge is 2.10. The van der Waals surface area contributed by atoms with E-state index in [1.54, 1.807) is 0 Å². The summed E-state index contributed by atoms with van der Waals surface area (Å²) in [6, 6.07) is 17.2. The summed E-state index contributed by atoms with van der Waals surface area (Å²) in [5.74, 6) is -0.0401. The van der Waals surface area contributed by atoms with Gasteiger partial charge in [0.05, 0.1) is 17.6 Å². The zero-order valence-electron chi connectivity index (χ0n) is 15.6. The number of nitrogens with zero attached hydrogens (tertiary/aromatic N) is 1. The molecule has 0 atom stereocenters. The fourth-order valence-corrected chi connectivity index (χ4v) is 2.76. The van der Waals surface area contributed by atoms with Crippen LogP contribution in [-0.4, -0.2) is 28.3 Å². The second kappa shape index (κ2) is 10.2. The fraction of sp³-hybridized carbons (Fsp3) is 0.286. The largest absolute Gasteiger partial charge is 0.349 e. The number of carbonyl (C=O) groups excluding carboxylic acids is 2. The van der Waals surface area contributed by atoms with Crippen molar-refractivity contribution in [3.63, 3.8) is 0 Å². The van der Waals surface area contributed by atoms with Crippen molar-refractivity contribution in [1.29, 1.82) is 0 Å². The first-order valence-electron chi connectivity index (χ1n) is 9.40. The number of amides is 2. The lowest BCUT2D eigenvalue weighted by molar-refractivity contribution is -0.134. The number of H-pyrrole nitrogens is 1. The van der Waals surface area contributed by atoms with Crippen molar-refractivity contribution in [3.05, 3.63) is 66.0 Å². The smallest absolute Gasteiger partial charge is 0.287 e. The number of unbranched alkanes of at least 4 members (excludes halogenated alkanes) is 2. The second-order valence-corrected chi connectivity index (χ2v) is 6.47. The maximum atomic E-state index is 12.1. The van der Waals surface area contributed by atoms with Crippen molar-refractivity contribution in [2.75, 3.05) is 6.54 Å². The van der Waals surface area contributed by atoms with Crippen LogP contribution < -0.4 is 10.8 Å². The molecule has 3 rings (SSSR count). The lowest BCUT2D eigenvalue weighted by Crippen LogP contribution is -2.25. The highest BCUT2D eigenvalue weighted by Crippen LogP contribution is 2.10. The summed E-state index contributed by atoms with van der Waals surface area (Å²) < 4.78 is 0. The average Bonchev–Trinajstić information content (AvgIpc) is 3.15. The molecule has 2 aromatic carbocycles. The third-order valence-electron chi connectivity index (χ3n) is 4.24. The number of fused-ring (bicyclic) bond motifs is 1. The molecule has 0 fully saturated rings. The van der Waals surface area contributed by atoms with Gasteiger partial charge in [-0.2, -0.15) is 0 Å². The summed E-state index contributed by atoms with van der Waals surface area (Å²) in [7, 11) is 0. The molecule has 1 aromatic heterocycles. The van der Waals surface area contributed by atoms with Crippen molar-refractivity contribution in [2.24, 2.45) is 0 Å². The van der Waals surface area contributed by atoms with Gasteiger partial charge in [-0.25, -0.2) is 10.5 Å². The minimum atomic E-state index is -0.219. The minimum absolute atomic E-state index is 0.137. The average molecular weight is 380 g/mol. The number of rotatable bonds is 10. The quantitative estimate of drug-likeness (QED) is 0.372. The molecule has 146 valence electrons. The summed E-state index contributed by atoms with van der Waals surface area (Å²) in [6.07, 6.45) is 2.77. The van der Waals surface area contributed by atoms with Gasteiger partial charge in [0, 0.05) is 13.0 Å².